The topological polar surface area (TPSA) is 467 Å². The van der Waals surface area contributed by atoms with E-state index in [2.05, 4.69) is 15.2 Å². The lowest BCUT2D eigenvalue weighted by atomic mass is 9.85. The van der Waals surface area contributed by atoms with Gasteiger partial charge in [0, 0.05) is 13.8 Å². The summed E-state index contributed by atoms with van der Waals surface area (Å²) < 4.78 is 61.3. The molecule has 0 aromatic rings. The second kappa shape index (κ2) is 19.5. The summed E-state index contributed by atoms with van der Waals surface area (Å²) in [6.07, 6.45) is -37.5. The molecular formula is C29H49N4O25P. The van der Waals surface area contributed by atoms with Crippen LogP contribution in [0, 0.1) is 0 Å². The van der Waals surface area contributed by atoms with Crippen molar-refractivity contribution in [3.05, 3.63) is 0 Å². The summed E-state index contributed by atoms with van der Waals surface area (Å²) in [4.78, 5) is 68.5. The maximum Gasteiger partial charge on any atom is 0.472 e. The van der Waals surface area contributed by atoms with Crippen molar-refractivity contribution in [2.24, 2.45) is 11.5 Å². The number of nitrogens with two attached hydrogens (primary N) is 2. The minimum absolute atomic E-state index is 0.803. The smallest absolute Gasteiger partial charge is 0.440 e. The van der Waals surface area contributed by atoms with Gasteiger partial charge in [-0.25, -0.2) is 9.36 Å². The van der Waals surface area contributed by atoms with Crippen LogP contribution in [0.5, 0.6) is 0 Å². The number of primary amides is 2. The van der Waals surface area contributed by atoms with E-state index in [0.29, 0.717) is 0 Å². The first kappa shape index (κ1) is 48.8. The SMILES string of the molecule is CC(=O)NC1[C@H](O[C@@H]2C(O[C@@H]3OC(CO)[C@@H](O)[C@H](O)C3O)O[C@@H](OC3[C@@H](OP(=O)(O)O)OC(C(N)=O)[C@@](C)(O)[C@@H]3OC(N)=O)C(NC(C)=O)[C@H]2O)OC(CO)[C@@H](O)[C@@H]1O. The molecule has 29 nitrogen and oxygen atoms in total. The van der Waals surface area contributed by atoms with Crippen LogP contribution in [0.2, 0.25) is 0 Å². The van der Waals surface area contributed by atoms with Gasteiger partial charge in [0.25, 0.3) is 0 Å². The summed E-state index contributed by atoms with van der Waals surface area (Å²) in [6.45, 7) is 0.810. The van der Waals surface area contributed by atoms with Gasteiger partial charge in [-0.2, -0.15) is 0 Å². The molecule has 8 unspecified atom stereocenters. The van der Waals surface area contributed by atoms with Crippen LogP contribution in [0.3, 0.4) is 0 Å². The van der Waals surface area contributed by atoms with Crippen LogP contribution in [0.4, 0.5) is 4.79 Å². The fraction of sp³-hybridized carbons (Fsp3) is 0.862. The first-order chi connectivity index (χ1) is 27.3. The lowest BCUT2D eigenvalue weighted by Gasteiger charge is -2.51. The summed E-state index contributed by atoms with van der Waals surface area (Å²) in [6, 6.07) is -3.70. The maximum atomic E-state index is 12.6. The normalized spacial score (nSPS) is 44.3. The second-order valence-electron chi connectivity index (χ2n) is 14.0. The first-order valence-electron chi connectivity index (χ1n) is 17.5. The zero-order chi connectivity index (χ0) is 44.5. The Hall–Kier alpha value is -2.85. The van der Waals surface area contributed by atoms with Crippen molar-refractivity contribution < 1.29 is 122 Å². The van der Waals surface area contributed by atoms with Crippen molar-refractivity contribution in [3.8, 4) is 0 Å². The highest BCUT2D eigenvalue weighted by Gasteiger charge is 2.62. The number of hydrogen-bond donors (Lipinski definition) is 15. The van der Waals surface area contributed by atoms with Gasteiger partial charge in [0.1, 0.15) is 72.6 Å². The highest BCUT2D eigenvalue weighted by atomic mass is 31.2. The highest BCUT2D eigenvalue weighted by Crippen LogP contribution is 2.45. The molecule has 340 valence electrons. The van der Waals surface area contributed by atoms with E-state index in [1.807, 2.05) is 0 Å². The Morgan fingerprint density at radius 2 is 1.15 bits per heavy atom. The Kier molecular flexibility index (Phi) is 16.1. The van der Waals surface area contributed by atoms with Crippen molar-refractivity contribution in [1.29, 1.82) is 0 Å². The van der Waals surface area contributed by atoms with Crippen molar-refractivity contribution >= 4 is 31.6 Å². The Bertz CT molecular complexity index is 1540. The van der Waals surface area contributed by atoms with Gasteiger partial charge in [-0.05, 0) is 6.92 Å². The Morgan fingerprint density at radius 1 is 0.661 bits per heavy atom. The van der Waals surface area contributed by atoms with Crippen LogP contribution < -0.4 is 22.1 Å². The van der Waals surface area contributed by atoms with Crippen LogP contribution >= 0.6 is 7.82 Å². The zero-order valence-corrected chi connectivity index (χ0v) is 32.0. The molecule has 30 heteroatoms. The molecule has 59 heavy (non-hydrogen) atoms. The third-order valence-electron chi connectivity index (χ3n) is 9.54. The van der Waals surface area contributed by atoms with Crippen LogP contribution in [0.1, 0.15) is 20.8 Å². The average molecular weight is 885 g/mol. The van der Waals surface area contributed by atoms with Gasteiger partial charge < -0.3 is 116 Å². The molecule has 0 spiro atoms. The Balaban J connectivity index is 1.84. The molecule has 0 aliphatic carbocycles. The van der Waals surface area contributed by atoms with E-state index < -0.39 is 167 Å². The summed E-state index contributed by atoms with van der Waals surface area (Å²) in [5, 5.41) is 100. The number of amides is 4. The molecule has 4 aliphatic rings. The lowest BCUT2D eigenvalue weighted by Crippen LogP contribution is -2.72. The van der Waals surface area contributed by atoms with Gasteiger partial charge in [-0.1, -0.05) is 0 Å². The van der Waals surface area contributed by atoms with E-state index >= 15 is 0 Å². The summed E-state index contributed by atoms with van der Waals surface area (Å²) in [5.74, 6) is -3.26. The van der Waals surface area contributed by atoms with Crippen molar-refractivity contribution in [1.82, 2.24) is 10.6 Å². The number of ether oxygens (including phenoxy) is 8. The summed E-state index contributed by atoms with van der Waals surface area (Å²) >= 11 is 0. The van der Waals surface area contributed by atoms with Gasteiger partial charge in [0.2, 0.25) is 17.7 Å². The largest absolute Gasteiger partial charge is 0.472 e. The van der Waals surface area contributed by atoms with E-state index in [1.54, 1.807) is 0 Å². The Morgan fingerprint density at radius 3 is 1.64 bits per heavy atom. The molecule has 0 saturated carbocycles. The van der Waals surface area contributed by atoms with Gasteiger partial charge in [-0.3, -0.25) is 18.9 Å². The molecule has 4 rings (SSSR count). The fourth-order valence-electron chi connectivity index (χ4n) is 6.78. The number of phosphoric ester groups is 1. The molecular weight excluding hydrogens is 835 g/mol. The maximum absolute atomic E-state index is 12.6. The summed E-state index contributed by atoms with van der Waals surface area (Å²) in [5.41, 5.74) is 7.74. The van der Waals surface area contributed by atoms with Crippen molar-refractivity contribution in [3.63, 3.8) is 0 Å². The van der Waals surface area contributed by atoms with Crippen LogP contribution in [0.25, 0.3) is 0 Å². The van der Waals surface area contributed by atoms with Crippen molar-refractivity contribution in [2.75, 3.05) is 13.2 Å². The molecule has 4 heterocycles. The molecule has 17 N–H and O–H groups in total. The Labute approximate surface area is 332 Å². The third-order valence-corrected chi connectivity index (χ3v) is 10.0. The van der Waals surface area contributed by atoms with Gasteiger partial charge in [0.15, 0.2) is 49.8 Å². The lowest BCUT2D eigenvalue weighted by molar-refractivity contribution is -0.418. The number of aliphatic hydroxyl groups excluding tert-OH is 8. The predicted octanol–water partition coefficient (Wildman–Crippen LogP) is -9.40. The van der Waals surface area contributed by atoms with Crippen LogP contribution in [-0.2, 0) is 61.4 Å². The second-order valence-corrected chi connectivity index (χ2v) is 15.2. The highest BCUT2D eigenvalue weighted by molar-refractivity contribution is 7.46. The van der Waals surface area contributed by atoms with E-state index in [9.17, 15) is 79.5 Å². The molecule has 20 atom stereocenters. The molecule has 4 saturated heterocycles. The number of carbonyl (C=O) groups excluding carboxylic acids is 4. The number of carbonyl (C=O) groups is 4. The van der Waals surface area contributed by atoms with Crippen LogP contribution in [-0.4, -0.2) is 215 Å². The zero-order valence-electron chi connectivity index (χ0n) is 31.1. The standard InChI is InChI=1S/C29H49N4O25P/c1-6(36)32-10-14(40)12(38)8(4-34)50-23(10)52-18-15(41)11(33-7(2)37)24(56-26(18)57-25-17(43)16(42)13(39)9(5-35)51-25)53-19-20(55-28(31)45)29(3,46)21(22(30)44)54-27(19)58-59(47,48)49/h8-21,23-27,34-35,38-43,46H,4-5H2,1-3H3,(H2,30,44)(H2,31,45)(H,32,36)(H,33,37)(H2,47,48,49)/t8?,9?,10?,11?,12-,13-,14-,15-,16+,17?,18+,19?,20-,21?,23+,24-,25+,26?,27-,29+/m1/s1. The minimum atomic E-state index is -5.69. The molecule has 0 bridgehead atoms. The molecule has 0 radical (unpaired) electrons. The number of hydrogen-bond acceptors (Lipinski definition) is 23. The van der Waals surface area contributed by atoms with Gasteiger partial charge in [0.05, 0.1) is 13.2 Å². The van der Waals surface area contributed by atoms with E-state index in [0.717, 1.165) is 20.8 Å². The minimum Gasteiger partial charge on any atom is -0.440 e. The third kappa shape index (κ3) is 11.2. The molecule has 4 amide bonds. The van der Waals surface area contributed by atoms with E-state index in [4.69, 9.17) is 49.4 Å². The quantitative estimate of drug-likeness (QED) is 0.0720. The number of nitrogens with one attached hydrogen (secondary N) is 2. The molecule has 4 fully saturated rings. The summed E-state index contributed by atoms with van der Waals surface area (Å²) in [7, 11) is -5.69. The molecule has 0 aromatic heterocycles. The fourth-order valence-corrected chi connectivity index (χ4v) is 7.22. The molecule has 4 aliphatic heterocycles. The first-order valence-corrected chi connectivity index (χ1v) is 19.0. The van der Waals surface area contributed by atoms with Crippen molar-refractivity contribution in [2.45, 2.75) is 143 Å². The van der Waals surface area contributed by atoms with E-state index in [1.165, 1.54) is 0 Å². The van der Waals surface area contributed by atoms with Gasteiger partial charge >= 0.3 is 13.9 Å². The van der Waals surface area contributed by atoms with Gasteiger partial charge in [-0.15, -0.1) is 0 Å². The predicted molar refractivity (Wildman–Crippen MR) is 178 cm³/mol. The van der Waals surface area contributed by atoms with Crippen LogP contribution in [0.15, 0.2) is 0 Å². The average Bonchev–Trinajstić information content (AvgIpc) is 3.12. The number of rotatable bonds is 14. The number of phosphoric acid groups is 1. The monoisotopic (exact) mass is 884 g/mol. The number of aliphatic hydroxyl groups is 9. The van der Waals surface area contributed by atoms with E-state index in [-0.39, 0.29) is 0 Å². The molecule has 0 aromatic carbocycles.